The van der Waals surface area contributed by atoms with Gasteiger partial charge in [0.2, 0.25) is 0 Å². The summed E-state index contributed by atoms with van der Waals surface area (Å²) in [5, 5.41) is 10.1. The van der Waals surface area contributed by atoms with Gasteiger partial charge >= 0.3 is 0 Å². The number of hydrogen-bond acceptors (Lipinski definition) is 3. The molecule has 5 heteroatoms. The number of halogens is 2. The number of aliphatic hydroxyl groups excluding tert-OH is 1. The molecule has 1 aliphatic heterocycles. The molecule has 0 saturated carbocycles. The van der Waals surface area contributed by atoms with Crippen LogP contribution in [-0.2, 0) is 11.3 Å². The molecule has 0 amide bonds. The Balaban J connectivity index is 0.00000242. The van der Waals surface area contributed by atoms with Crippen LogP contribution in [0, 0.1) is 5.82 Å². The van der Waals surface area contributed by atoms with Crippen molar-refractivity contribution < 1.29 is 14.2 Å². The Kier molecular flexibility index (Phi) is 8.33. The topological polar surface area (TPSA) is 32.7 Å². The average Bonchev–Trinajstić information content (AvgIpc) is 2.45. The number of rotatable bonds is 6. The van der Waals surface area contributed by atoms with Crippen LogP contribution in [0.25, 0.3) is 0 Å². The summed E-state index contributed by atoms with van der Waals surface area (Å²) >= 11 is 0. The van der Waals surface area contributed by atoms with Crippen LogP contribution in [0.4, 0.5) is 4.39 Å². The van der Waals surface area contributed by atoms with E-state index in [1.807, 2.05) is 0 Å². The summed E-state index contributed by atoms with van der Waals surface area (Å²) in [5.74, 6) is -0.259. The number of benzene rings is 1. The molecule has 1 aromatic carbocycles. The monoisotopic (exact) mass is 331 g/mol. The van der Waals surface area contributed by atoms with Gasteiger partial charge in [0.1, 0.15) is 5.82 Å². The van der Waals surface area contributed by atoms with E-state index in [1.54, 1.807) is 18.2 Å². The second kappa shape index (κ2) is 9.46. The minimum Gasteiger partial charge on any atom is -0.389 e. The molecule has 3 unspecified atom stereocenters. The van der Waals surface area contributed by atoms with Crippen LogP contribution in [0.1, 0.15) is 38.7 Å². The number of β-amino-alcohol motifs (C(OH)–C–C–N with tert-alkyl or cyclic N) is 1. The van der Waals surface area contributed by atoms with Crippen LogP contribution in [0.5, 0.6) is 0 Å². The van der Waals surface area contributed by atoms with Crippen LogP contribution in [0.3, 0.4) is 0 Å². The molecule has 0 aliphatic carbocycles. The molecular weight excluding hydrogens is 305 g/mol. The molecule has 0 aromatic heterocycles. The summed E-state index contributed by atoms with van der Waals surface area (Å²) in [4.78, 5) is 2.35. The van der Waals surface area contributed by atoms with Crippen molar-refractivity contribution in [3.05, 3.63) is 35.6 Å². The standard InChI is InChI=1S/C17H26FNO2.ClH/c1-13-6-5-7-14(2)19(13)10-16(20)12-21-11-15-8-3-4-9-17(15)18;/h3-4,8-9,13-14,16,20H,5-7,10-12H2,1-2H3;1H. The lowest BCUT2D eigenvalue weighted by Gasteiger charge is -2.40. The lowest BCUT2D eigenvalue weighted by Crippen LogP contribution is -2.48. The predicted octanol–water partition coefficient (Wildman–Crippen LogP) is 3.39. The average molecular weight is 332 g/mol. The summed E-state index contributed by atoms with van der Waals surface area (Å²) < 4.78 is 18.9. The first-order valence-corrected chi connectivity index (χ1v) is 7.83. The van der Waals surface area contributed by atoms with E-state index in [0.717, 1.165) is 0 Å². The third-order valence-corrected chi connectivity index (χ3v) is 4.32. The number of nitrogens with zero attached hydrogens (tertiary/aromatic N) is 1. The Bertz CT molecular complexity index is 436. The van der Waals surface area contributed by atoms with Crippen molar-refractivity contribution in [2.45, 2.75) is 57.9 Å². The van der Waals surface area contributed by atoms with Gasteiger partial charge in [-0.2, -0.15) is 0 Å². The zero-order valence-electron chi connectivity index (χ0n) is 13.4. The van der Waals surface area contributed by atoms with Crippen LogP contribution in [-0.4, -0.2) is 41.3 Å². The second-order valence-corrected chi connectivity index (χ2v) is 6.09. The minimum atomic E-state index is -0.528. The van der Waals surface area contributed by atoms with Crippen molar-refractivity contribution in [2.75, 3.05) is 13.2 Å². The van der Waals surface area contributed by atoms with E-state index in [1.165, 1.54) is 25.3 Å². The highest BCUT2D eigenvalue weighted by molar-refractivity contribution is 5.85. The number of aliphatic hydroxyl groups is 1. The van der Waals surface area contributed by atoms with Gasteiger partial charge in [0.15, 0.2) is 0 Å². The lowest BCUT2D eigenvalue weighted by atomic mass is 9.97. The fraction of sp³-hybridized carbons (Fsp3) is 0.647. The van der Waals surface area contributed by atoms with Gasteiger partial charge in [-0.15, -0.1) is 12.4 Å². The Morgan fingerprint density at radius 1 is 1.27 bits per heavy atom. The third-order valence-electron chi connectivity index (χ3n) is 4.32. The quantitative estimate of drug-likeness (QED) is 0.867. The van der Waals surface area contributed by atoms with Gasteiger partial charge in [0.05, 0.1) is 19.3 Å². The summed E-state index contributed by atoms with van der Waals surface area (Å²) in [6.45, 7) is 5.49. The molecule has 1 saturated heterocycles. The highest BCUT2D eigenvalue weighted by Gasteiger charge is 2.26. The molecule has 1 fully saturated rings. The maximum absolute atomic E-state index is 13.4. The molecule has 3 atom stereocenters. The van der Waals surface area contributed by atoms with Gasteiger partial charge < -0.3 is 9.84 Å². The van der Waals surface area contributed by atoms with Crippen LogP contribution in [0.15, 0.2) is 24.3 Å². The van der Waals surface area contributed by atoms with Crippen LogP contribution in [0.2, 0.25) is 0 Å². The van der Waals surface area contributed by atoms with E-state index in [2.05, 4.69) is 18.7 Å². The molecule has 3 nitrogen and oxygen atoms in total. The lowest BCUT2D eigenvalue weighted by molar-refractivity contribution is -0.0140. The van der Waals surface area contributed by atoms with Crippen molar-refractivity contribution in [3.8, 4) is 0 Å². The molecule has 0 bridgehead atoms. The first-order valence-electron chi connectivity index (χ1n) is 7.83. The fourth-order valence-electron chi connectivity index (χ4n) is 3.05. The summed E-state index contributed by atoms with van der Waals surface area (Å²) in [6.07, 6.45) is 3.11. The van der Waals surface area contributed by atoms with Crippen molar-refractivity contribution in [1.82, 2.24) is 4.90 Å². The molecule has 1 aromatic rings. The number of ether oxygens (including phenoxy) is 1. The molecule has 1 aliphatic rings. The molecular formula is C17H27ClFNO2. The summed E-state index contributed by atoms with van der Waals surface area (Å²) in [6, 6.07) is 7.59. The molecule has 126 valence electrons. The van der Waals surface area contributed by atoms with Crippen molar-refractivity contribution >= 4 is 12.4 Å². The van der Waals surface area contributed by atoms with E-state index in [9.17, 15) is 9.50 Å². The van der Waals surface area contributed by atoms with Crippen molar-refractivity contribution in [2.24, 2.45) is 0 Å². The Morgan fingerprint density at radius 3 is 2.55 bits per heavy atom. The zero-order chi connectivity index (χ0) is 15.2. The first-order chi connectivity index (χ1) is 10.1. The van der Waals surface area contributed by atoms with Crippen LogP contribution >= 0.6 is 12.4 Å². The first kappa shape index (κ1) is 19.4. The normalized spacial score (nSPS) is 23.8. The molecule has 0 spiro atoms. The molecule has 2 rings (SSSR count). The van der Waals surface area contributed by atoms with E-state index in [-0.39, 0.29) is 31.4 Å². The Labute approximate surface area is 138 Å². The zero-order valence-corrected chi connectivity index (χ0v) is 14.2. The smallest absolute Gasteiger partial charge is 0.128 e. The highest BCUT2D eigenvalue weighted by atomic mass is 35.5. The van der Waals surface area contributed by atoms with Crippen molar-refractivity contribution in [1.29, 1.82) is 0 Å². The minimum absolute atomic E-state index is 0. The summed E-state index contributed by atoms with van der Waals surface area (Å²) in [5.41, 5.74) is 0.532. The third kappa shape index (κ3) is 5.51. The number of likely N-dealkylation sites (tertiary alicyclic amines) is 1. The van der Waals surface area contributed by atoms with Gasteiger partial charge in [0.25, 0.3) is 0 Å². The van der Waals surface area contributed by atoms with E-state index < -0.39 is 6.10 Å². The van der Waals surface area contributed by atoms with Gasteiger partial charge in [-0.3, -0.25) is 4.90 Å². The van der Waals surface area contributed by atoms with Gasteiger partial charge in [-0.05, 0) is 32.8 Å². The predicted molar refractivity (Wildman–Crippen MR) is 88.8 cm³/mol. The van der Waals surface area contributed by atoms with Gasteiger partial charge in [0, 0.05) is 24.2 Å². The van der Waals surface area contributed by atoms with E-state index in [4.69, 9.17) is 4.74 Å². The summed E-state index contributed by atoms with van der Waals surface area (Å²) in [7, 11) is 0. The molecule has 1 N–H and O–H groups in total. The number of hydrogen-bond donors (Lipinski definition) is 1. The molecule has 22 heavy (non-hydrogen) atoms. The van der Waals surface area contributed by atoms with Crippen molar-refractivity contribution in [3.63, 3.8) is 0 Å². The Hall–Kier alpha value is -0.680. The molecule has 1 heterocycles. The molecule has 0 radical (unpaired) electrons. The van der Waals surface area contributed by atoms with Crippen LogP contribution < -0.4 is 0 Å². The fourth-order valence-corrected chi connectivity index (χ4v) is 3.05. The highest BCUT2D eigenvalue weighted by Crippen LogP contribution is 2.22. The maximum Gasteiger partial charge on any atom is 0.128 e. The number of piperidine rings is 1. The van der Waals surface area contributed by atoms with Gasteiger partial charge in [-0.1, -0.05) is 24.6 Å². The SMILES string of the molecule is CC1CCCC(C)N1CC(O)COCc1ccccc1F.Cl. The Morgan fingerprint density at radius 2 is 1.91 bits per heavy atom. The maximum atomic E-state index is 13.4. The second-order valence-electron chi connectivity index (χ2n) is 6.09. The van der Waals surface area contributed by atoms with E-state index >= 15 is 0 Å². The van der Waals surface area contributed by atoms with Gasteiger partial charge in [-0.25, -0.2) is 4.39 Å². The largest absolute Gasteiger partial charge is 0.389 e. The van der Waals surface area contributed by atoms with E-state index in [0.29, 0.717) is 24.2 Å².